The first kappa shape index (κ1) is 19.5. The molecule has 0 aromatic heterocycles. The van der Waals surface area contributed by atoms with Gasteiger partial charge in [0.1, 0.15) is 13.2 Å². The molecule has 3 aliphatic rings. The van der Waals surface area contributed by atoms with Crippen molar-refractivity contribution in [2.45, 2.75) is 13.2 Å². The molecule has 9 heteroatoms. The summed E-state index contributed by atoms with van der Waals surface area (Å²) < 4.78 is 16.9. The number of nitrogens with zero attached hydrogens (tertiary/aromatic N) is 4. The Morgan fingerprint density at radius 2 is 1.71 bits per heavy atom. The first-order valence-corrected chi connectivity index (χ1v) is 10.4. The number of fused-ring (bicyclic) bond motifs is 1. The molecule has 0 radical (unpaired) electrons. The molecule has 1 unspecified atom stereocenters. The minimum Gasteiger partial charge on any atom is -0.486 e. The Balaban J connectivity index is 1.49. The third-order valence-electron chi connectivity index (χ3n) is 5.37. The number of hydrogen-bond donors (Lipinski definition) is 2. The van der Waals surface area contributed by atoms with Gasteiger partial charge >= 0.3 is 0 Å². The second-order valence-corrected chi connectivity index (χ2v) is 7.58. The van der Waals surface area contributed by atoms with Crippen LogP contribution in [0.15, 0.2) is 52.4 Å². The first-order valence-electron chi connectivity index (χ1n) is 10.4. The number of morpholine rings is 1. The van der Waals surface area contributed by atoms with Gasteiger partial charge in [0.25, 0.3) is 0 Å². The Kier molecular flexibility index (Phi) is 5.25. The van der Waals surface area contributed by atoms with Crippen molar-refractivity contribution >= 4 is 23.3 Å². The van der Waals surface area contributed by atoms with Crippen molar-refractivity contribution in [2.75, 3.05) is 49.7 Å². The summed E-state index contributed by atoms with van der Waals surface area (Å²) in [4.78, 5) is 13.5. The minimum atomic E-state index is -0.472. The van der Waals surface area contributed by atoms with Crippen LogP contribution in [0.25, 0.3) is 0 Å². The zero-order chi connectivity index (χ0) is 21.2. The van der Waals surface area contributed by atoms with Crippen molar-refractivity contribution in [1.29, 1.82) is 0 Å². The van der Waals surface area contributed by atoms with E-state index < -0.39 is 6.29 Å². The summed E-state index contributed by atoms with van der Waals surface area (Å²) in [5, 5.41) is 3.48. The molecule has 0 aliphatic carbocycles. The van der Waals surface area contributed by atoms with E-state index in [0.717, 1.165) is 36.2 Å². The van der Waals surface area contributed by atoms with Gasteiger partial charge < -0.3 is 30.2 Å². The maximum Gasteiger partial charge on any atom is 0.222 e. The number of nitrogens with two attached hydrogens (primary N) is 1. The SMILES string of the molecule is Cc1ccc(N2C(N3CCOCC3)=NC(N)=NC2Nc2ccc3c(c2)OCCO3)cc1. The minimum absolute atomic E-state index is 0.236. The monoisotopic (exact) mass is 422 g/mol. The van der Waals surface area contributed by atoms with Gasteiger partial charge in [0.2, 0.25) is 18.2 Å². The Morgan fingerprint density at radius 3 is 2.48 bits per heavy atom. The third kappa shape index (κ3) is 4.09. The van der Waals surface area contributed by atoms with E-state index in [-0.39, 0.29) is 5.96 Å². The number of ether oxygens (including phenoxy) is 3. The van der Waals surface area contributed by atoms with E-state index >= 15 is 0 Å². The summed E-state index contributed by atoms with van der Waals surface area (Å²) >= 11 is 0. The molecule has 1 fully saturated rings. The predicted octanol–water partition coefficient (Wildman–Crippen LogP) is 1.98. The molecule has 3 heterocycles. The average Bonchev–Trinajstić information content (AvgIpc) is 2.80. The summed E-state index contributed by atoms with van der Waals surface area (Å²) in [6.45, 7) is 5.95. The van der Waals surface area contributed by atoms with Crippen LogP contribution >= 0.6 is 0 Å². The van der Waals surface area contributed by atoms with Gasteiger partial charge in [-0.25, -0.2) is 4.99 Å². The average molecular weight is 422 g/mol. The van der Waals surface area contributed by atoms with E-state index in [9.17, 15) is 0 Å². The summed E-state index contributed by atoms with van der Waals surface area (Å²) in [6.07, 6.45) is -0.472. The standard InChI is InChI=1S/C22H26N6O3/c1-15-2-5-17(6-3-15)28-21(24-16-4-7-18-19(14-16)31-13-12-30-18)25-20(23)26-22(28)27-8-10-29-11-9-27/h2-7,14,21,24H,8-13H2,1H3,(H2,23,25). The van der Waals surface area contributed by atoms with Crippen LogP contribution in [0.5, 0.6) is 11.5 Å². The van der Waals surface area contributed by atoms with Crippen molar-refractivity contribution in [3.8, 4) is 11.5 Å². The molecular weight excluding hydrogens is 396 g/mol. The van der Waals surface area contributed by atoms with Crippen LogP contribution in [-0.4, -0.2) is 62.6 Å². The molecule has 0 bridgehead atoms. The number of guanidine groups is 2. The Labute approximate surface area is 181 Å². The summed E-state index contributed by atoms with van der Waals surface area (Å²) in [5.41, 5.74) is 9.16. The topological polar surface area (TPSA) is 96.9 Å². The van der Waals surface area contributed by atoms with Gasteiger partial charge in [0, 0.05) is 30.5 Å². The van der Waals surface area contributed by atoms with Crippen molar-refractivity contribution in [1.82, 2.24) is 4.90 Å². The normalized spacial score (nSPS) is 20.7. The number of benzene rings is 2. The predicted molar refractivity (Wildman–Crippen MR) is 120 cm³/mol. The molecule has 1 saturated heterocycles. The lowest BCUT2D eigenvalue weighted by Crippen LogP contribution is -2.57. The highest BCUT2D eigenvalue weighted by molar-refractivity contribution is 6.06. The smallest absolute Gasteiger partial charge is 0.222 e. The summed E-state index contributed by atoms with van der Waals surface area (Å²) in [5.74, 6) is 2.46. The van der Waals surface area contributed by atoms with E-state index in [4.69, 9.17) is 19.9 Å². The van der Waals surface area contributed by atoms with Gasteiger partial charge in [-0.1, -0.05) is 17.7 Å². The zero-order valence-corrected chi connectivity index (χ0v) is 17.5. The number of rotatable bonds is 3. The molecule has 3 aliphatic heterocycles. The van der Waals surface area contributed by atoms with Gasteiger partial charge in [-0.15, -0.1) is 0 Å². The maximum absolute atomic E-state index is 6.14. The Morgan fingerprint density at radius 1 is 0.968 bits per heavy atom. The van der Waals surface area contributed by atoms with Crippen molar-refractivity contribution in [2.24, 2.45) is 15.7 Å². The Hall–Kier alpha value is -3.46. The third-order valence-corrected chi connectivity index (χ3v) is 5.37. The number of nitrogens with one attached hydrogen (secondary N) is 1. The molecule has 3 N–H and O–H groups in total. The fraction of sp³-hybridized carbons (Fsp3) is 0.364. The largest absolute Gasteiger partial charge is 0.486 e. The molecule has 0 spiro atoms. The van der Waals surface area contributed by atoms with Crippen LogP contribution in [0, 0.1) is 6.92 Å². The second-order valence-electron chi connectivity index (χ2n) is 7.58. The molecule has 5 rings (SSSR count). The Bertz CT molecular complexity index is 1000. The van der Waals surface area contributed by atoms with Crippen molar-refractivity contribution in [3.05, 3.63) is 48.0 Å². The van der Waals surface area contributed by atoms with Crippen LogP contribution in [-0.2, 0) is 4.74 Å². The number of aryl methyl sites for hydroxylation is 1. The number of hydrogen-bond acceptors (Lipinski definition) is 9. The lowest BCUT2D eigenvalue weighted by molar-refractivity contribution is 0.0671. The quantitative estimate of drug-likeness (QED) is 0.781. The molecule has 2 aromatic carbocycles. The van der Waals surface area contributed by atoms with E-state index in [1.807, 2.05) is 18.2 Å². The summed E-state index contributed by atoms with van der Waals surface area (Å²) in [6, 6.07) is 14.1. The highest BCUT2D eigenvalue weighted by Gasteiger charge is 2.32. The van der Waals surface area contributed by atoms with Gasteiger partial charge in [-0.05, 0) is 31.2 Å². The molecule has 2 aromatic rings. The molecule has 9 nitrogen and oxygen atoms in total. The number of anilines is 2. The number of aliphatic imine (C=N–C) groups is 2. The molecule has 162 valence electrons. The fourth-order valence-corrected chi connectivity index (χ4v) is 3.81. The van der Waals surface area contributed by atoms with Gasteiger partial charge in [-0.3, -0.25) is 4.90 Å². The molecule has 31 heavy (non-hydrogen) atoms. The van der Waals surface area contributed by atoms with Crippen LogP contribution < -0.4 is 25.4 Å². The van der Waals surface area contributed by atoms with Crippen LogP contribution in [0.1, 0.15) is 5.56 Å². The first-order chi connectivity index (χ1) is 15.2. The molecule has 0 amide bonds. The maximum atomic E-state index is 6.14. The van der Waals surface area contributed by atoms with E-state index in [0.29, 0.717) is 32.2 Å². The van der Waals surface area contributed by atoms with Crippen LogP contribution in [0.3, 0.4) is 0 Å². The van der Waals surface area contributed by atoms with E-state index in [1.165, 1.54) is 5.56 Å². The van der Waals surface area contributed by atoms with Crippen molar-refractivity contribution in [3.63, 3.8) is 0 Å². The fourth-order valence-electron chi connectivity index (χ4n) is 3.81. The van der Waals surface area contributed by atoms with E-state index in [2.05, 4.69) is 56.3 Å². The molecular formula is C22H26N6O3. The lowest BCUT2D eigenvalue weighted by atomic mass is 10.2. The van der Waals surface area contributed by atoms with Crippen LogP contribution in [0.4, 0.5) is 11.4 Å². The highest BCUT2D eigenvalue weighted by Crippen LogP contribution is 2.33. The van der Waals surface area contributed by atoms with Gasteiger partial charge in [0.05, 0.1) is 13.2 Å². The molecule has 1 atom stereocenters. The van der Waals surface area contributed by atoms with Gasteiger partial charge in [0.15, 0.2) is 11.5 Å². The van der Waals surface area contributed by atoms with Crippen LogP contribution in [0.2, 0.25) is 0 Å². The van der Waals surface area contributed by atoms with Crippen molar-refractivity contribution < 1.29 is 14.2 Å². The summed E-state index contributed by atoms with van der Waals surface area (Å²) in [7, 11) is 0. The zero-order valence-electron chi connectivity index (χ0n) is 17.5. The second kappa shape index (κ2) is 8.35. The highest BCUT2D eigenvalue weighted by atomic mass is 16.6. The van der Waals surface area contributed by atoms with Gasteiger partial charge in [-0.2, -0.15) is 4.99 Å². The van der Waals surface area contributed by atoms with E-state index in [1.54, 1.807) is 0 Å². The molecule has 0 saturated carbocycles. The lowest BCUT2D eigenvalue weighted by Gasteiger charge is -2.41.